The summed E-state index contributed by atoms with van der Waals surface area (Å²) < 4.78 is 5.84. The van der Waals surface area contributed by atoms with Gasteiger partial charge < -0.3 is 9.32 Å². The minimum Gasteiger partial charge on any atom is -0.450 e. The van der Waals surface area contributed by atoms with Crippen molar-refractivity contribution in [1.82, 2.24) is 9.80 Å². The van der Waals surface area contributed by atoms with Crippen LogP contribution in [0.15, 0.2) is 26.1 Å². The molecule has 3 heterocycles. The van der Waals surface area contributed by atoms with Crippen LogP contribution in [0.4, 0.5) is 4.79 Å². The van der Waals surface area contributed by atoms with Crippen molar-refractivity contribution in [2.75, 3.05) is 19.6 Å². The Hall–Kier alpha value is -1.54. The number of amides is 3. The summed E-state index contributed by atoms with van der Waals surface area (Å²) in [6.45, 7) is 1.21. The number of nitrogens with zero attached hydrogens (tertiary/aromatic N) is 2. The quantitative estimate of drug-likeness (QED) is 0.749. The van der Waals surface area contributed by atoms with E-state index in [1.807, 2.05) is 0 Å². The second-order valence-corrected chi connectivity index (χ2v) is 6.77. The number of furan rings is 1. The van der Waals surface area contributed by atoms with Crippen molar-refractivity contribution >= 4 is 50.8 Å². The zero-order valence-corrected chi connectivity index (χ0v) is 14.0. The Labute approximate surface area is 139 Å². The van der Waals surface area contributed by atoms with Crippen molar-refractivity contribution in [2.45, 2.75) is 12.8 Å². The van der Waals surface area contributed by atoms with Gasteiger partial charge in [0.1, 0.15) is 12.3 Å². The van der Waals surface area contributed by atoms with E-state index in [2.05, 4.69) is 15.9 Å². The predicted molar refractivity (Wildman–Crippen MR) is 84.9 cm³/mol. The van der Waals surface area contributed by atoms with Crippen LogP contribution in [0.3, 0.4) is 0 Å². The molecule has 2 fully saturated rings. The number of hydrogen-bond donors (Lipinski definition) is 0. The van der Waals surface area contributed by atoms with Gasteiger partial charge in [0.25, 0.3) is 11.1 Å². The molecule has 1 aromatic heterocycles. The average molecular weight is 385 g/mol. The normalized spacial score (nSPS) is 20.5. The topological polar surface area (TPSA) is 70.8 Å². The second kappa shape index (κ2) is 6.29. The van der Waals surface area contributed by atoms with Gasteiger partial charge in [-0.2, -0.15) is 0 Å². The smallest absolute Gasteiger partial charge is 0.294 e. The van der Waals surface area contributed by atoms with Crippen molar-refractivity contribution in [3.05, 3.63) is 27.5 Å². The van der Waals surface area contributed by atoms with Gasteiger partial charge in [0.15, 0.2) is 4.67 Å². The molecule has 22 heavy (non-hydrogen) atoms. The summed E-state index contributed by atoms with van der Waals surface area (Å²) in [5.74, 6) is -0.153. The highest BCUT2D eigenvalue weighted by molar-refractivity contribution is 9.10. The van der Waals surface area contributed by atoms with E-state index in [0.29, 0.717) is 23.5 Å². The molecule has 0 aliphatic carbocycles. The fraction of sp³-hybridized carbons (Fsp3) is 0.357. The highest BCUT2D eigenvalue weighted by Crippen LogP contribution is 2.32. The molecule has 0 radical (unpaired) electrons. The van der Waals surface area contributed by atoms with Crippen LogP contribution in [-0.4, -0.2) is 46.5 Å². The Bertz CT molecular complexity index is 664. The van der Waals surface area contributed by atoms with Gasteiger partial charge in [-0.25, -0.2) is 0 Å². The molecule has 0 saturated carbocycles. The first-order valence-corrected chi connectivity index (χ1v) is 8.44. The molecule has 0 bridgehead atoms. The first kappa shape index (κ1) is 15.4. The van der Waals surface area contributed by atoms with E-state index in [0.717, 1.165) is 29.5 Å². The second-order valence-electron chi connectivity index (χ2n) is 5.00. The third kappa shape index (κ3) is 3.12. The molecule has 2 saturated heterocycles. The molecular weight excluding hydrogens is 372 g/mol. The van der Waals surface area contributed by atoms with E-state index >= 15 is 0 Å². The number of thioether (sulfide) groups is 1. The first-order valence-electron chi connectivity index (χ1n) is 6.83. The third-order valence-corrected chi connectivity index (χ3v) is 4.83. The molecule has 0 unspecified atom stereocenters. The highest BCUT2D eigenvalue weighted by atomic mass is 79.9. The summed E-state index contributed by atoms with van der Waals surface area (Å²) in [4.78, 5) is 39.3. The van der Waals surface area contributed by atoms with Crippen LogP contribution in [0.2, 0.25) is 0 Å². The Morgan fingerprint density at radius 1 is 1.32 bits per heavy atom. The number of rotatable bonds is 3. The summed E-state index contributed by atoms with van der Waals surface area (Å²) in [7, 11) is 0. The van der Waals surface area contributed by atoms with Gasteiger partial charge in [0, 0.05) is 19.2 Å². The number of hydrogen-bond acceptors (Lipinski definition) is 5. The number of likely N-dealkylation sites (tertiary alicyclic amines) is 1. The molecule has 116 valence electrons. The third-order valence-electron chi connectivity index (χ3n) is 3.49. The minimum atomic E-state index is -0.449. The van der Waals surface area contributed by atoms with Crippen molar-refractivity contribution in [3.8, 4) is 0 Å². The zero-order chi connectivity index (χ0) is 15.7. The lowest BCUT2D eigenvalue weighted by atomic mass is 10.3. The fourth-order valence-corrected chi connectivity index (χ4v) is 3.51. The molecule has 6 nitrogen and oxygen atoms in total. The van der Waals surface area contributed by atoms with Crippen molar-refractivity contribution in [3.63, 3.8) is 0 Å². The van der Waals surface area contributed by atoms with Crippen LogP contribution in [0.5, 0.6) is 0 Å². The van der Waals surface area contributed by atoms with E-state index < -0.39 is 11.1 Å². The van der Waals surface area contributed by atoms with E-state index in [4.69, 9.17) is 4.42 Å². The summed E-state index contributed by atoms with van der Waals surface area (Å²) in [5, 5.41) is -0.422. The fourth-order valence-electron chi connectivity index (χ4n) is 2.37. The van der Waals surface area contributed by atoms with Crippen molar-refractivity contribution in [2.24, 2.45) is 0 Å². The molecule has 3 amide bonds. The van der Waals surface area contributed by atoms with Crippen LogP contribution >= 0.6 is 27.7 Å². The van der Waals surface area contributed by atoms with Crippen LogP contribution in [-0.2, 0) is 9.59 Å². The lowest BCUT2D eigenvalue weighted by molar-refractivity contribution is -0.135. The molecule has 0 N–H and O–H groups in total. The van der Waals surface area contributed by atoms with Gasteiger partial charge in [-0.15, -0.1) is 0 Å². The van der Waals surface area contributed by atoms with Crippen LogP contribution in [0.25, 0.3) is 6.08 Å². The van der Waals surface area contributed by atoms with Crippen LogP contribution in [0, 0.1) is 0 Å². The Balaban J connectivity index is 1.71. The van der Waals surface area contributed by atoms with Gasteiger partial charge in [-0.1, -0.05) is 0 Å². The molecule has 2 aliphatic rings. The van der Waals surface area contributed by atoms with Crippen LogP contribution < -0.4 is 0 Å². The molecule has 3 rings (SSSR count). The standard InChI is InChI=1S/C14H13BrN2O4S/c15-11-4-3-9(21-11)7-10-13(19)17(14(20)22-10)8-12(18)16-5-1-2-6-16/h3-4,7H,1-2,5-6,8H2. The monoisotopic (exact) mass is 384 g/mol. The minimum absolute atomic E-state index is 0.179. The number of halogens is 1. The Kier molecular flexibility index (Phi) is 4.39. The molecule has 0 atom stereocenters. The maximum Gasteiger partial charge on any atom is 0.294 e. The number of carbonyl (C=O) groups is 3. The van der Waals surface area contributed by atoms with Crippen molar-refractivity contribution < 1.29 is 18.8 Å². The lowest BCUT2D eigenvalue weighted by Crippen LogP contribution is -2.40. The van der Waals surface area contributed by atoms with Gasteiger partial charge in [0.05, 0.1) is 4.91 Å². The lowest BCUT2D eigenvalue weighted by Gasteiger charge is -2.18. The first-order chi connectivity index (χ1) is 10.5. The maximum atomic E-state index is 12.3. The maximum absolute atomic E-state index is 12.3. The van der Waals surface area contributed by atoms with Crippen LogP contribution in [0.1, 0.15) is 18.6 Å². The van der Waals surface area contributed by atoms with Crippen molar-refractivity contribution in [1.29, 1.82) is 0 Å². The Morgan fingerprint density at radius 3 is 2.68 bits per heavy atom. The van der Waals surface area contributed by atoms with E-state index in [1.54, 1.807) is 17.0 Å². The molecule has 8 heteroatoms. The highest BCUT2D eigenvalue weighted by Gasteiger charge is 2.37. The van der Waals surface area contributed by atoms with Gasteiger partial charge >= 0.3 is 0 Å². The van der Waals surface area contributed by atoms with Gasteiger partial charge in [0.2, 0.25) is 5.91 Å². The summed E-state index contributed by atoms with van der Waals surface area (Å²) in [5.41, 5.74) is 0. The summed E-state index contributed by atoms with van der Waals surface area (Å²) in [6, 6.07) is 3.39. The Morgan fingerprint density at radius 2 is 2.05 bits per heavy atom. The molecule has 0 spiro atoms. The SMILES string of the molecule is O=C(CN1C(=O)SC(=Cc2ccc(Br)o2)C1=O)N1CCCC1. The average Bonchev–Trinajstić information content (AvgIpc) is 3.18. The van der Waals surface area contributed by atoms with E-state index in [9.17, 15) is 14.4 Å². The van der Waals surface area contributed by atoms with Gasteiger partial charge in [-0.3, -0.25) is 19.3 Å². The largest absolute Gasteiger partial charge is 0.450 e. The predicted octanol–water partition coefficient (Wildman–Crippen LogP) is 2.70. The molecular formula is C14H13BrN2O4S. The summed E-state index contributed by atoms with van der Waals surface area (Å²) >= 11 is 4.00. The van der Waals surface area contributed by atoms with E-state index in [-0.39, 0.29) is 17.4 Å². The number of imide groups is 1. The molecule has 2 aliphatic heterocycles. The van der Waals surface area contributed by atoms with E-state index in [1.165, 1.54) is 6.08 Å². The molecule has 0 aromatic carbocycles. The summed E-state index contributed by atoms with van der Waals surface area (Å²) in [6.07, 6.45) is 3.46. The van der Waals surface area contributed by atoms with Gasteiger partial charge in [-0.05, 0) is 52.7 Å². The number of carbonyl (C=O) groups excluding carboxylic acids is 3. The zero-order valence-electron chi connectivity index (χ0n) is 11.6. The molecule has 1 aromatic rings.